The summed E-state index contributed by atoms with van der Waals surface area (Å²) in [6.45, 7) is 7.61. The zero-order valence-corrected chi connectivity index (χ0v) is 12.8. The van der Waals surface area contributed by atoms with Crippen LogP contribution in [0.4, 0.5) is 0 Å². The lowest BCUT2D eigenvalue weighted by molar-refractivity contribution is -0.138. The van der Waals surface area contributed by atoms with Crippen molar-refractivity contribution in [3.63, 3.8) is 0 Å². The number of carbonyl (C=O) groups excluding carboxylic acids is 1. The third kappa shape index (κ3) is 21.7. The van der Waals surface area contributed by atoms with Gasteiger partial charge in [-0.1, -0.05) is 52.2 Å². The number of unbranched alkanes of at least 4 members (excludes halogenated alkanes) is 4. The molecule has 1 N–H and O–H groups in total. The highest BCUT2D eigenvalue weighted by Gasteiger charge is 1.98. The molecule has 0 aromatic carbocycles. The minimum Gasteiger partial charge on any atom is -0.481 e. The van der Waals surface area contributed by atoms with Gasteiger partial charge in [-0.25, -0.2) is 0 Å². The predicted octanol–water partition coefficient (Wildman–Crippen LogP) is 4.46. The molecule has 0 saturated heterocycles. The molecule has 0 atom stereocenters. The van der Waals surface area contributed by atoms with Gasteiger partial charge in [-0.3, -0.25) is 9.59 Å². The molecular formula is C16H28O4. The van der Waals surface area contributed by atoms with Gasteiger partial charge < -0.3 is 9.84 Å². The van der Waals surface area contributed by atoms with Crippen LogP contribution in [-0.2, 0) is 14.3 Å². The minimum atomic E-state index is -0.682. The Balaban J connectivity index is 0. The van der Waals surface area contributed by atoms with Crippen LogP contribution >= 0.6 is 0 Å². The van der Waals surface area contributed by atoms with Gasteiger partial charge in [-0.15, -0.1) is 0 Å². The molecule has 0 saturated carbocycles. The Labute approximate surface area is 122 Å². The Morgan fingerprint density at radius 2 is 1.60 bits per heavy atom. The average Bonchev–Trinajstić information content (AvgIpc) is 2.40. The van der Waals surface area contributed by atoms with Gasteiger partial charge in [-0.05, 0) is 18.9 Å². The molecular weight excluding hydrogens is 256 g/mol. The van der Waals surface area contributed by atoms with Crippen LogP contribution in [0.15, 0.2) is 25.0 Å². The van der Waals surface area contributed by atoms with E-state index < -0.39 is 5.97 Å². The summed E-state index contributed by atoms with van der Waals surface area (Å²) in [6, 6.07) is 0. The van der Waals surface area contributed by atoms with E-state index in [1.807, 2.05) is 0 Å². The molecule has 0 bridgehead atoms. The molecule has 0 aliphatic heterocycles. The third-order valence-corrected chi connectivity index (χ3v) is 2.39. The number of carboxylic acids is 1. The van der Waals surface area contributed by atoms with Gasteiger partial charge >= 0.3 is 11.9 Å². The van der Waals surface area contributed by atoms with E-state index in [1.165, 1.54) is 6.26 Å². The number of aliphatic carboxylic acids is 1. The molecule has 0 amide bonds. The maximum Gasteiger partial charge on any atom is 0.310 e. The predicted molar refractivity (Wildman–Crippen MR) is 81.3 cm³/mol. The van der Waals surface area contributed by atoms with Crippen molar-refractivity contribution in [3.8, 4) is 0 Å². The van der Waals surface area contributed by atoms with Crippen molar-refractivity contribution in [3.05, 3.63) is 25.0 Å². The van der Waals surface area contributed by atoms with Crippen molar-refractivity contribution < 1.29 is 19.4 Å². The van der Waals surface area contributed by atoms with E-state index >= 15 is 0 Å². The molecule has 116 valence electrons. The van der Waals surface area contributed by atoms with Gasteiger partial charge in [0.1, 0.15) is 0 Å². The van der Waals surface area contributed by atoms with Crippen molar-refractivity contribution in [2.24, 2.45) is 0 Å². The molecule has 4 nitrogen and oxygen atoms in total. The number of carbonyl (C=O) groups is 2. The first kappa shape index (κ1) is 20.7. The fourth-order valence-electron chi connectivity index (χ4n) is 1.28. The van der Waals surface area contributed by atoms with E-state index in [0.29, 0.717) is 12.8 Å². The summed E-state index contributed by atoms with van der Waals surface area (Å²) in [6.07, 6.45) is 11.4. The Hall–Kier alpha value is -1.58. The highest BCUT2D eigenvalue weighted by atomic mass is 16.5. The Bertz CT molecular complexity index is 282. The molecule has 0 aromatic rings. The average molecular weight is 284 g/mol. The van der Waals surface area contributed by atoms with Crippen molar-refractivity contribution in [1.82, 2.24) is 0 Å². The van der Waals surface area contributed by atoms with Gasteiger partial charge in [0.05, 0.1) is 6.26 Å². The number of esters is 1. The van der Waals surface area contributed by atoms with E-state index in [2.05, 4.69) is 20.4 Å². The lowest BCUT2D eigenvalue weighted by atomic mass is 10.2. The van der Waals surface area contributed by atoms with E-state index in [-0.39, 0.29) is 5.97 Å². The summed E-state index contributed by atoms with van der Waals surface area (Å²) in [7, 11) is 0. The first-order valence-electron chi connectivity index (χ1n) is 7.27. The molecule has 0 fully saturated rings. The molecule has 0 spiro atoms. The van der Waals surface area contributed by atoms with Crippen LogP contribution in [0.1, 0.15) is 65.2 Å². The lowest BCUT2D eigenvalue weighted by Gasteiger charge is -1.97. The molecule has 0 heterocycles. The van der Waals surface area contributed by atoms with Crippen LogP contribution in [0.25, 0.3) is 0 Å². The molecule has 0 aromatic heterocycles. The second-order valence-corrected chi connectivity index (χ2v) is 4.36. The maximum absolute atomic E-state index is 10.9. The number of rotatable bonds is 10. The summed E-state index contributed by atoms with van der Waals surface area (Å²) < 4.78 is 4.74. The van der Waals surface area contributed by atoms with Gasteiger partial charge in [0.25, 0.3) is 0 Å². The first-order valence-corrected chi connectivity index (χ1v) is 7.27. The zero-order chi connectivity index (χ0) is 15.6. The lowest BCUT2D eigenvalue weighted by Crippen LogP contribution is -1.98. The highest BCUT2D eigenvalue weighted by molar-refractivity contribution is 5.69. The SMILES string of the molecule is C=CC=COC(=O)CCCCC.CCCCCC(=O)O. The molecule has 0 unspecified atom stereocenters. The fraction of sp³-hybridized carbons (Fsp3) is 0.625. The number of allylic oxidation sites excluding steroid dienone is 2. The van der Waals surface area contributed by atoms with E-state index in [4.69, 9.17) is 9.84 Å². The minimum absolute atomic E-state index is 0.165. The van der Waals surface area contributed by atoms with Gasteiger partial charge in [-0.2, -0.15) is 0 Å². The number of carboxylic acid groups (broad SMARTS) is 1. The standard InChI is InChI=1S/C10H16O2.C6H12O2/c1-3-5-7-8-10(11)12-9-6-4-2;1-2-3-4-5-6(7)8/h4,6,9H,2-3,5,7-8H2,1H3;2-5H2,1H3,(H,7,8). The van der Waals surface area contributed by atoms with Crippen LogP contribution in [-0.4, -0.2) is 17.0 Å². The van der Waals surface area contributed by atoms with Crippen LogP contribution in [0.2, 0.25) is 0 Å². The highest BCUT2D eigenvalue weighted by Crippen LogP contribution is 2.00. The monoisotopic (exact) mass is 284 g/mol. The van der Waals surface area contributed by atoms with Crippen molar-refractivity contribution in [2.45, 2.75) is 65.2 Å². The van der Waals surface area contributed by atoms with Crippen LogP contribution in [0.3, 0.4) is 0 Å². The fourth-order valence-corrected chi connectivity index (χ4v) is 1.28. The zero-order valence-electron chi connectivity index (χ0n) is 12.8. The quantitative estimate of drug-likeness (QED) is 0.278. The summed E-state index contributed by atoms with van der Waals surface area (Å²) in [5.41, 5.74) is 0. The van der Waals surface area contributed by atoms with Crippen LogP contribution in [0.5, 0.6) is 0 Å². The van der Waals surface area contributed by atoms with Crippen LogP contribution < -0.4 is 0 Å². The smallest absolute Gasteiger partial charge is 0.310 e. The normalized spacial score (nSPS) is 9.70. The Morgan fingerprint density at radius 3 is 2.05 bits per heavy atom. The molecule has 4 heteroatoms. The molecule has 0 aliphatic rings. The summed E-state index contributed by atoms with van der Waals surface area (Å²) >= 11 is 0. The molecule has 0 rings (SSSR count). The van der Waals surface area contributed by atoms with Crippen LogP contribution in [0, 0.1) is 0 Å². The largest absolute Gasteiger partial charge is 0.481 e. The summed E-state index contributed by atoms with van der Waals surface area (Å²) in [5.74, 6) is -0.847. The summed E-state index contributed by atoms with van der Waals surface area (Å²) in [4.78, 5) is 20.8. The number of hydrogen-bond donors (Lipinski definition) is 1. The second kappa shape index (κ2) is 17.4. The van der Waals surface area contributed by atoms with Crippen molar-refractivity contribution in [2.75, 3.05) is 0 Å². The summed E-state index contributed by atoms with van der Waals surface area (Å²) in [5, 5.41) is 8.14. The molecule has 0 radical (unpaired) electrons. The first-order chi connectivity index (χ1) is 9.58. The Morgan fingerprint density at radius 1 is 1.05 bits per heavy atom. The Kier molecular flexibility index (Phi) is 18.1. The topological polar surface area (TPSA) is 63.6 Å². The van der Waals surface area contributed by atoms with E-state index in [1.54, 1.807) is 12.2 Å². The molecule has 20 heavy (non-hydrogen) atoms. The third-order valence-electron chi connectivity index (χ3n) is 2.39. The van der Waals surface area contributed by atoms with Crippen molar-refractivity contribution in [1.29, 1.82) is 0 Å². The maximum atomic E-state index is 10.9. The van der Waals surface area contributed by atoms with Gasteiger partial charge in [0, 0.05) is 12.8 Å². The van der Waals surface area contributed by atoms with Crippen molar-refractivity contribution >= 4 is 11.9 Å². The molecule has 0 aliphatic carbocycles. The van der Waals surface area contributed by atoms with Gasteiger partial charge in [0.15, 0.2) is 0 Å². The van der Waals surface area contributed by atoms with E-state index in [0.717, 1.165) is 38.5 Å². The second-order valence-electron chi connectivity index (χ2n) is 4.36. The van der Waals surface area contributed by atoms with E-state index in [9.17, 15) is 9.59 Å². The number of ether oxygens (including phenoxy) is 1. The number of hydrogen-bond acceptors (Lipinski definition) is 3. The van der Waals surface area contributed by atoms with Gasteiger partial charge in [0.2, 0.25) is 0 Å².